The zero-order chi connectivity index (χ0) is 23.7. The summed E-state index contributed by atoms with van der Waals surface area (Å²) < 4.78 is 0. The van der Waals surface area contributed by atoms with Crippen LogP contribution < -0.4 is 5.32 Å². The maximum atomic E-state index is 13.1. The first kappa shape index (κ1) is 22.8. The summed E-state index contributed by atoms with van der Waals surface area (Å²) in [5, 5.41) is 3.51. The molecule has 0 unspecified atom stereocenters. The number of likely N-dealkylation sites (tertiary alicyclic amines) is 1. The Balaban J connectivity index is 1.22. The Morgan fingerprint density at radius 1 is 1.18 bits per heavy atom. The second-order valence-corrected chi connectivity index (χ2v) is 9.78. The fraction of sp³-hybridized carbons (Fsp3) is 0.480. The van der Waals surface area contributed by atoms with Crippen molar-refractivity contribution in [3.63, 3.8) is 0 Å². The first-order chi connectivity index (χ1) is 16.5. The van der Waals surface area contributed by atoms with Gasteiger partial charge in [0.1, 0.15) is 5.54 Å². The molecule has 3 fully saturated rings. The average Bonchev–Trinajstić information content (AvgIpc) is 3.56. The van der Waals surface area contributed by atoms with E-state index in [-0.39, 0.29) is 36.9 Å². The molecule has 5 rings (SSSR count). The van der Waals surface area contributed by atoms with Crippen molar-refractivity contribution in [1.82, 2.24) is 25.1 Å². The van der Waals surface area contributed by atoms with Gasteiger partial charge in [0.25, 0.3) is 5.91 Å². The molecule has 1 spiro atoms. The van der Waals surface area contributed by atoms with Gasteiger partial charge in [-0.05, 0) is 50.3 Å². The predicted molar refractivity (Wildman–Crippen MR) is 127 cm³/mol. The number of urea groups is 1. The van der Waals surface area contributed by atoms with Crippen LogP contribution in [0.15, 0.2) is 36.5 Å². The van der Waals surface area contributed by atoms with Gasteiger partial charge in [-0.1, -0.05) is 36.6 Å². The van der Waals surface area contributed by atoms with E-state index in [4.69, 9.17) is 16.6 Å². The standard InChI is InChI=1S/C25H28ClN5O3/c26-18-7-3-6-17(16-18)22-27-13-10-19(28-22)20-8-4-14-30(20)21(32)9-5-15-31-23(33)25(29-24(31)34)11-1-2-12-25/h3,6-7,10,13,16,20H,1-2,4-5,8-9,11-12,14-15H2,(H,29,34)/t20-/m0/s1. The predicted octanol–water partition coefficient (Wildman–Crippen LogP) is 4.11. The van der Waals surface area contributed by atoms with Crippen molar-refractivity contribution in [3.05, 3.63) is 47.2 Å². The van der Waals surface area contributed by atoms with E-state index in [0.29, 0.717) is 36.7 Å². The van der Waals surface area contributed by atoms with Gasteiger partial charge >= 0.3 is 6.03 Å². The largest absolute Gasteiger partial charge is 0.334 e. The molecule has 0 radical (unpaired) electrons. The topological polar surface area (TPSA) is 95.5 Å². The SMILES string of the molecule is O=C1NC2(CCCC2)C(=O)N1CCCC(=O)N1CCC[C@H]1c1ccnc(-c2cccc(Cl)c2)n1. The summed E-state index contributed by atoms with van der Waals surface area (Å²) in [5.41, 5.74) is 0.946. The molecule has 2 aromatic rings. The number of amides is 4. The van der Waals surface area contributed by atoms with E-state index < -0.39 is 5.54 Å². The van der Waals surface area contributed by atoms with Crippen molar-refractivity contribution in [2.24, 2.45) is 0 Å². The Bertz CT molecular complexity index is 1120. The molecule has 1 N–H and O–H groups in total. The van der Waals surface area contributed by atoms with Crippen LogP contribution in [0.2, 0.25) is 5.02 Å². The molecule has 2 aliphatic heterocycles. The molecule has 178 valence electrons. The minimum absolute atomic E-state index is 0.0213. The van der Waals surface area contributed by atoms with Crippen LogP contribution in [0.5, 0.6) is 0 Å². The number of carbonyl (C=O) groups excluding carboxylic acids is 3. The molecular weight excluding hydrogens is 454 g/mol. The van der Waals surface area contributed by atoms with Crippen LogP contribution in [0, 0.1) is 0 Å². The van der Waals surface area contributed by atoms with Gasteiger partial charge in [-0.3, -0.25) is 14.5 Å². The lowest BCUT2D eigenvalue weighted by Gasteiger charge is -2.25. The molecule has 3 aliphatic rings. The number of carbonyl (C=O) groups is 3. The minimum atomic E-state index is -0.700. The van der Waals surface area contributed by atoms with Gasteiger partial charge in [-0.2, -0.15) is 0 Å². The maximum Gasteiger partial charge on any atom is 0.325 e. The number of rotatable bonds is 6. The van der Waals surface area contributed by atoms with E-state index in [9.17, 15) is 14.4 Å². The first-order valence-corrected chi connectivity index (χ1v) is 12.4. The summed E-state index contributed by atoms with van der Waals surface area (Å²) >= 11 is 6.12. The highest BCUT2D eigenvalue weighted by Crippen LogP contribution is 2.35. The van der Waals surface area contributed by atoms with Gasteiger partial charge in [-0.25, -0.2) is 14.8 Å². The average molecular weight is 482 g/mol. The van der Waals surface area contributed by atoms with E-state index in [2.05, 4.69) is 10.3 Å². The second-order valence-electron chi connectivity index (χ2n) is 9.34. The lowest BCUT2D eigenvalue weighted by Crippen LogP contribution is -2.44. The highest BCUT2D eigenvalue weighted by molar-refractivity contribution is 6.30. The van der Waals surface area contributed by atoms with Crippen LogP contribution in [-0.4, -0.2) is 56.2 Å². The Morgan fingerprint density at radius 2 is 2.00 bits per heavy atom. The number of hydrogen-bond acceptors (Lipinski definition) is 5. The first-order valence-electron chi connectivity index (χ1n) is 12.0. The van der Waals surface area contributed by atoms with Gasteiger partial charge in [0.05, 0.1) is 11.7 Å². The van der Waals surface area contributed by atoms with Crippen LogP contribution >= 0.6 is 11.6 Å². The Labute approximate surface area is 203 Å². The molecule has 1 aliphatic carbocycles. The summed E-state index contributed by atoms with van der Waals surface area (Å²) in [5.74, 6) is 0.475. The third-order valence-corrected chi connectivity index (χ3v) is 7.38. The van der Waals surface area contributed by atoms with Gasteiger partial charge in [-0.15, -0.1) is 0 Å². The number of halogens is 1. The lowest BCUT2D eigenvalue weighted by molar-refractivity contribution is -0.134. The van der Waals surface area contributed by atoms with Crippen LogP contribution in [0.25, 0.3) is 11.4 Å². The highest BCUT2D eigenvalue weighted by Gasteiger charge is 2.52. The molecule has 3 heterocycles. The smallest absolute Gasteiger partial charge is 0.325 e. The van der Waals surface area contributed by atoms with E-state index in [1.165, 1.54) is 4.90 Å². The molecule has 1 aromatic heterocycles. The number of aromatic nitrogens is 2. The van der Waals surface area contributed by atoms with Gasteiger partial charge in [0, 0.05) is 36.3 Å². The Kier molecular flexibility index (Phi) is 6.25. The lowest BCUT2D eigenvalue weighted by atomic mass is 9.98. The molecule has 1 aromatic carbocycles. The summed E-state index contributed by atoms with van der Waals surface area (Å²) in [6, 6.07) is 8.83. The summed E-state index contributed by atoms with van der Waals surface area (Å²) in [7, 11) is 0. The third-order valence-electron chi connectivity index (χ3n) is 7.15. The fourth-order valence-electron chi connectivity index (χ4n) is 5.43. The van der Waals surface area contributed by atoms with Crippen molar-refractivity contribution in [3.8, 4) is 11.4 Å². The zero-order valence-corrected chi connectivity index (χ0v) is 19.8. The number of hydrogen-bond donors (Lipinski definition) is 1. The monoisotopic (exact) mass is 481 g/mol. The number of nitrogens with zero attached hydrogens (tertiary/aromatic N) is 4. The molecule has 1 atom stereocenters. The second kappa shape index (κ2) is 9.33. The molecule has 2 saturated heterocycles. The third kappa shape index (κ3) is 4.27. The van der Waals surface area contributed by atoms with Crippen molar-refractivity contribution in [1.29, 1.82) is 0 Å². The molecule has 4 amide bonds. The van der Waals surface area contributed by atoms with Crippen molar-refractivity contribution in [2.45, 2.75) is 62.9 Å². The quantitative estimate of drug-likeness (QED) is 0.626. The molecule has 0 bridgehead atoms. The summed E-state index contributed by atoms with van der Waals surface area (Å²) in [6.07, 6.45) is 7.53. The molecule has 1 saturated carbocycles. The van der Waals surface area contributed by atoms with E-state index in [1.807, 2.05) is 29.2 Å². The van der Waals surface area contributed by atoms with Crippen molar-refractivity contribution < 1.29 is 14.4 Å². The highest BCUT2D eigenvalue weighted by atomic mass is 35.5. The van der Waals surface area contributed by atoms with E-state index >= 15 is 0 Å². The zero-order valence-electron chi connectivity index (χ0n) is 19.0. The fourth-order valence-corrected chi connectivity index (χ4v) is 5.62. The molecule has 9 heteroatoms. The van der Waals surface area contributed by atoms with Gasteiger partial charge in [0.15, 0.2) is 5.82 Å². The van der Waals surface area contributed by atoms with Crippen molar-refractivity contribution in [2.75, 3.05) is 13.1 Å². The van der Waals surface area contributed by atoms with Crippen LogP contribution in [0.3, 0.4) is 0 Å². The number of nitrogens with one attached hydrogen (secondary N) is 1. The normalized spacial score (nSPS) is 21.5. The Morgan fingerprint density at radius 3 is 2.79 bits per heavy atom. The Hall–Kier alpha value is -3.00. The van der Waals surface area contributed by atoms with Crippen LogP contribution in [0.1, 0.15) is 63.1 Å². The van der Waals surface area contributed by atoms with E-state index in [1.54, 1.807) is 12.3 Å². The van der Waals surface area contributed by atoms with Crippen LogP contribution in [-0.2, 0) is 9.59 Å². The number of benzene rings is 1. The molecule has 34 heavy (non-hydrogen) atoms. The van der Waals surface area contributed by atoms with Gasteiger partial charge in [0.2, 0.25) is 5.91 Å². The molecule has 8 nitrogen and oxygen atoms in total. The maximum absolute atomic E-state index is 13.1. The summed E-state index contributed by atoms with van der Waals surface area (Å²) in [4.78, 5) is 50.5. The van der Waals surface area contributed by atoms with Crippen LogP contribution in [0.4, 0.5) is 4.79 Å². The van der Waals surface area contributed by atoms with Gasteiger partial charge < -0.3 is 10.2 Å². The number of imide groups is 1. The summed E-state index contributed by atoms with van der Waals surface area (Å²) in [6.45, 7) is 0.940. The minimum Gasteiger partial charge on any atom is -0.334 e. The molecular formula is C25H28ClN5O3. The van der Waals surface area contributed by atoms with Crippen molar-refractivity contribution >= 4 is 29.4 Å². The van der Waals surface area contributed by atoms with E-state index in [0.717, 1.165) is 36.9 Å².